The van der Waals surface area contributed by atoms with Crippen LogP contribution in [0.3, 0.4) is 0 Å². The van der Waals surface area contributed by atoms with Crippen LogP contribution in [-0.2, 0) is 6.61 Å². The molecule has 138 valence electrons. The number of thiophene rings is 1. The molecule has 5 nitrogen and oxygen atoms in total. The summed E-state index contributed by atoms with van der Waals surface area (Å²) in [6.45, 7) is 3.48. The predicted octanol–water partition coefficient (Wildman–Crippen LogP) is 3.68. The normalized spacial score (nSPS) is 14.2. The fourth-order valence-electron chi connectivity index (χ4n) is 3.13. The zero-order chi connectivity index (χ0) is 18.5. The van der Waals surface area contributed by atoms with E-state index < -0.39 is 0 Å². The van der Waals surface area contributed by atoms with Crippen LogP contribution in [0.25, 0.3) is 0 Å². The van der Waals surface area contributed by atoms with E-state index in [4.69, 9.17) is 4.74 Å². The maximum Gasteiger partial charge on any atom is 0.254 e. The Labute approximate surface area is 162 Å². The van der Waals surface area contributed by atoms with Crippen molar-refractivity contribution in [1.29, 1.82) is 0 Å². The molecule has 1 amide bonds. The summed E-state index contributed by atoms with van der Waals surface area (Å²) in [5, 5.41) is 2.03. The number of carbonyl (C=O) groups is 1. The molecule has 0 N–H and O–H groups in total. The fourth-order valence-corrected chi connectivity index (χ4v) is 3.75. The van der Waals surface area contributed by atoms with Gasteiger partial charge in [-0.3, -0.25) is 4.79 Å². The van der Waals surface area contributed by atoms with Crippen LogP contribution in [0.4, 0.5) is 5.82 Å². The highest BCUT2D eigenvalue weighted by atomic mass is 32.1. The fraction of sp³-hybridized carbons (Fsp3) is 0.238. The maximum absolute atomic E-state index is 12.9. The predicted molar refractivity (Wildman–Crippen MR) is 107 cm³/mol. The van der Waals surface area contributed by atoms with Gasteiger partial charge in [-0.25, -0.2) is 4.98 Å². The lowest BCUT2D eigenvalue weighted by molar-refractivity contribution is 0.0746. The Morgan fingerprint density at radius 3 is 2.67 bits per heavy atom. The molecule has 6 heteroatoms. The van der Waals surface area contributed by atoms with E-state index in [1.54, 1.807) is 17.5 Å². The Bertz CT molecular complexity index is 875. The zero-order valence-electron chi connectivity index (χ0n) is 15.0. The lowest BCUT2D eigenvalue weighted by Crippen LogP contribution is -2.49. The van der Waals surface area contributed by atoms with Gasteiger partial charge in [0.2, 0.25) is 0 Å². The number of ether oxygens (including phenoxy) is 1. The standard InChI is InChI=1S/C21H21N3O2S/c25-21(24-12-10-23(11-13-24)20-8-1-2-9-22-20)17-5-3-6-18(15-17)26-16-19-7-4-14-27-19/h1-9,14-15H,10-13,16H2. The molecule has 3 heterocycles. The number of carbonyl (C=O) groups excluding carboxylic acids is 1. The van der Waals surface area contributed by atoms with Gasteiger partial charge >= 0.3 is 0 Å². The summed E-state index contributed by atoms with van der Waals surface area (Å²) in [5.41, 5.74) is 0.671. The van der Waals surface area contributed by atoms with E-state index in [2.05, 4.69) is 9.88 Å². The van der Waals surface area contributed by atoms with Crippen LogP contribution in [0.15, 0.2) is 66.2 Å². The van der Waals surface area contributed by atoms with Crippen LogP contribution in [0.2, 0.25) is 0 Å². The Kier molecular flexibility index (Phi) is 5.34. The molecule has 1 aliphatic rings. The average Bonchev–Trinajstić information content (AvgIpc) is 3.26. The van der Waals surface area contributed by atoms with Gasteiger partial charge in [0.15, 0.2) is 0 Å². The van der Waals surface area contributed by atoms with Gasteiger partial charge in [-0.15, -0.1) is 11.3 Å². The third-order valence-corrected chi connectivity index (χ3v) is 5.43. The molecule has 4 rings (SSSR count). The van der Waals surface area contributed by atoms with E-state index in [0.717, 1.165) is 29.5 Å². The number of rotatable bonds is 5. The van der Waals surface area contributed by atoms with Crippen LogP contribution >= 0.6 is 11.3 Å². The van der Waals surface area contributed by atoms with Crippen molar-refractivity contribution in [2.45, 2.75) is 6.61 Å². The number of hydrogen-bond acceptors (Lipinski definition) is 5. The van der Waals surface area contributed by atoms with Gasteiger partial charge in [-0.2, -0.15) is 0 Å². The molecule has 0 atom stereocenters. The Morgan fingerprint density at radius 1 is 1.04 bits per heavy atom. The van der Waals surface area contributed by atoms with Crippen LogP contribution in [0.1, 0.15) is 15.2 Å². The molecule has 0 saturated carbocycles. The number of amides is 1. The number of anilines is 1. The van der Waals surface area contributed by atoms with Crippen molar-refractivity contribution in [2.24, 2.45) is 0 Å². The molecular weight excluding hydrogens is 358 g/mol. The number of nitrogens with zero attached hydrogens (tertiary/aromatic N) is 3. The number of benzene rings is 1. The molecule has 0 radical (unpaired) electrons. The van der Waals surface area contributed by atoms with Gasteiger partial charge in [0.25, 0.3) is 5.91 Å². The smallest absolute Gasteiger partial charge is 0.254 e. The van der Waals surface area contributed by atoms with Crippen molar-refractivity contribution in [3.63, 3.8) is 0 Å². The molecule has 2 aromatic heterocycles. The molecule has 0 spiro atoms. The number of aromatic nitrogens is 1. The quantitative estimate of drug-likeness (QED) is 0.678. The van der Waals surface area contributed by atoms with E-state index in [1.165, 1.54) is 0 Å². The van der Waals surface area contributed by atoms with Gasteiger partial charge in [0, 0.05) is 42.8 Å². The zero-order valence-corrected chi connectivity index (χ0v) is 15.8. The first-order valence-corrected chi connectivity index (χ1v) is 9.88. The minimum Gasteiger partial charge on any atom is -0.488 e. The second-order valence-electron chi connectivity index (χ2n) is 6.36. The summed E-state index contributed by atoms with van der Waals surface area (Å²) >= 11 is 1.66. The number of hydrogen-bond donors (Lipinski definition) is 0. The molecule has 0 unspecified atom stereocenters. The molecule has 1 fully saturated rings. The van der Waals surface area contributed by atoms with E-state index in [9.17, 15) is 4.79 Å². The summed E-state index contributed by atoms with van der Waals surface area (Å²) in [6.07, 6.45) is 1.80. The first kappa shape index (κ1) is 17.5. The Morgan fingerprint density at radius 2 is 1.93 bits per heavy atom. The summed E-state index contributed by atoms with van der Waals surface area (Å²) < 4.78 is 5.83. The van der Waals surface area contributed by atoms with Gasteiger partial charge in [0.1, 0.15) is 18.2 Å². The van der Waals surface area contributed by atoms with Gasteiger partial charge in [-0.05, 0) is 41.8 Å². The molecule has 0 bridgehead atoms. The van der Waals surface area contributed by atoms with Crippen LogP contribution in [-0.4, -0.2) is 42.0 Å². The van der Waals surface area contributed by atoms with Crippen LogP contribution in [0, 0.1) is 0 Å². The topological polar surface area (TPSA) is 45.7 Å². The Hall–Kier alpha value is -2.86. The van der Waals surface area contributed by atoms with Crippen molar-refractivity contribution in [3.05, 3.63) is 76.6 Å². The van der Waals surface area contributed by atoms with Crippen LogP contribution < -0.4 is 9.64 Å². The lowest BCUT2D eigenvalue weighted by Gasteiger charge is -2.35. The highest BCUT2D eigenvalue weighted by Gasteiger charge is 2.23. The first-order valence-electron chi connectivity index (χ1n) is 9.00. The van der Waals surface area contributed by atoms with Crippen molar-refractivity contribution >= 4 is 23.1 Å². The van der Waals surface area contributed by atoms with Crippen molar-refractivity contribution < 1.29 is 9.53 Å². The van der Waals surface area contributed by atoms with Crippen LogP contribution in [0.5, 0.6) is 5.75 Å². The van der Waals surface area contributed by atoms with Gasteiger partial charge in [-0.1, -0.05) is 18.2 Å². The third kappa shape index (κ3) is 4.28. The summed E-state index contributed by atoms with van der Waals surface area (Å²) in [4.78, 5) is 22.5. The summed E-state index contributed by atoms with van der Waals surface area (Å²) in [6, 6.07) is 17.4. The second kappa shape index (κ2) is 8.22. The first-order chi connectivity index (χ1) is 13.3. The molecule has 1 aromatic carbocycles. The number of pyridine rings is 1. The molecule has 3 aromatic rings. The summed E-state index contributed by atoms with van der Waals surface area (Å²) in [5.74, 6) is 1.74. The van der Waals surface area contributed by atoms with Gasteiger partial charge in [0.05, 0.1) is 0 Å². The van der Waals surface area contributed by atoms with Gasteiger partial charge < -0.3 is 14.5 Å². The monoisotopic (exact) mass is 379 g/mol. The summed E-state index contributed by atoms with van der Waals surface area (Å²) in [7, 11) is 0. The number of piperazine rings is 1. The second-order valence-corrected chi connectivity index (χ2v) is 7.40. The van der Waals surface area contributed by atoms with E-state index >= 15 is 0 Å². The molecule has 0 aliphatic carbocycles. The minimum atomic E-state index is 0.0530. The molecule has 1 saturated heterocycles. The molecule has 1 aliphatic heterocycles. The molecule has 27 heavy (non-hydrogen) atoms. The highest BCUT2D eigenvalue weighted by Crippen LogP contribution is 2.19. The van der Waals surface area contributed by atoms with Crippen molar-refractivity contribution in [3.8, 4) is 5.75 Å². The van der Waals surface area contributed by atoms with E-state index in [-0.39, 0.29) is 5.91 Å². The minimum absolute atomic E-state index is 0.0530. The maximum atomic E-state index is 12.9. The van der Waals surface area contributed by atoms with Crippen molar-refractivity contribution in [2.75, 3.05) is 31.1 Å². The average molecular weight is 379 g/mol. The third-order valence-electron chi connectivity index (χ3n) is 4.58. The largest absolute Gasteiger partial charge is 0.488 e. The SMILES string of the molecule is O=C(c1cccc(OCc2cccs2)c1)N1CCN(c2ccccn2)CC1. The van der Waals surface area contributed by atoms with Crippen molar-refractivity contribution in [1.82, 2.24) is 9.88 Å². The highest BCUT2D eigenvalue weighted by molar-refractivity contribution is 7.09. The van der Waals surface area contributed by atoms with E-state index in [1.807, 2.05) is 64.9 Å². The lowest BCUT2D eigenvalue weighted by atomic mass is 10.1. The Balaban J connectivity index is 1.36. The van der Waals surface area contributed by atoms with E-state index in [0.29, 0.717) is 25.3 Å². The molecular formula is C21H21N3O2S.